The molecule has 2 aliphatic rings. The van der Waals surface area contributed by atoms with E-state index in [1.54, 1.807) is 0 Å². The van der Waals surface area contributed by atoms with E-state index in [0.29, 0.717) is 18.6 Å². The Labute approximate surface area is 113 Å². The van der Waals surface area contributed by atoms with Crippen LogP contribution in [0.4, 0.5) is 0 Å². The molecule has 3 heteroatoms. The van der Waals surface area contributed by atoms with E-state index in [2.05, 4.69) is 26.0 Å². The molecule has 1 aromatic carbocycles. The summed E-state index contributed by atoms with van der Waals surface area (Å²) in [5, 5.41) is 0.0772. The highest BCUT2D eigenvalue weighted by molar-refractivity contribution is 6.21. The summed E-state index contributed by atoms with van der Waals surface area (Å²) in [6.07, 6.45) is 3.26. The Morgan fingerprint density at radius 1 is 1.17 bits per heavy atom. The van der Waals surface area contributed by atoms with Crippen molar-refractivity contribution >= 4 is 11.6 Å². The minimum Gasteiger partial charge on any atom is -0.486 e. The molecule has 1 atom stereocenters. The SMILES string of the molecule is CC1(C)CCc2cc3c(cc2C(Cl)C1)OCCO3. The maximum absolute atomic E-state index is 6.58. The molecule has 0 fully saturated rings. The summed E-state index contributed by atoms with van der Waals surface area (Å²) in [6.45, 7) is 5.86. The molecule has 0 bridgehead atoms. The molecule has 18 heavy (non-hydrogen) atoms. The average molecular weight is 267 g/mol. The Kier molecular flexibility index (Phi) is 2.93. The van der Waals surface area contributed by atoms with Gasteiger partial charge < -0.3 is 9.47 Å². The third-order valence-electron chi connectivity index (χ3n) is 3.94. The first-order valence-electron chi connectivity index (χ1n) is 6.62. The second-order valence-electron chi connectivity index (χ2n) is 6.03. The highest BCUT2D eigenvalue weighted by Gasteiger charge is 2.30. The minimum absolute atomic E-state index is 0.0772. The summed E-state index contributed by atoms with van der Waals surface area (Å²) in [5.41, 5.74) is 2.85. The Balaban J connectivity index is 2.02. The van der Waals surface area contributed by atoms with Crippen molar-refractivity contribution in [2.24, 2.45) is 5.41 Å². The van der Waals surface area contributed by atoms with Gasteiger partial charge >= 0.3 is 0 Å². The van der Waals surface area contributed by atoms with Crippen LogP contribution in [0.3, 0.4) is 0 Å². The fourth-order valence-corrected chi connectivity index (χ4v) is 3.45. The van der Waals surface area contributed by atoms with Gasteiger partial charge in [-0.3, -0.25) is 0 Å². The molecule has 0 aromatic heterocycles. The van der Waals surface area contributed by atoms with Crippen molar-refractivity contribution < 1.29 is 9.47 Å². The van der Waals surface area contributed by atoms with E-state index in [4.69, 9.17) is 21.1 Å². The average Bonchev–Trinajstić information content (AvgIpc) is 2.44. The van der Waals surface area contributed by atoms with Gasteiger partial charge in [-0.15, -0.1) is 11.6 Å². The van der Waals surface area contributed by atoms with Crippen LogP contribution in [0.15, 0.2) is 12.1 Å². The van der Waals surface area contributed by atoms with Crippen LogP contribution in [0.2, 0.25) is 0 Å². The first-order chi connectivity index (χ1) is 8.55. The molecule has 0 N–H and O–H groups in total. The number of ether oxygens (including phenoxy) is 2. The highest BCUT2D eigenvalue weighted by Crippen LogP contribution is 2.46. The van der Waals surface area contributed by atoms with Gasteiger partial charge in [0.1, 0.15) is 13.2 Å². The van der Waals surface area contributed by atoms with E-state index in [-0.39, 0.29) is 5.38 Å². The van der Waals surface area contributed by atoms with Gasteiger partial charge in [0.25, 0.3) is 0 Å². The van der Waals surface area contributed by atoms with Crippen LogP contribution in [0.1, 0.15) is 43.2 Å². The smallest absolute Gasteiger partial charge is 0.161 e. The van der Waals surface area contributed by atoms with Gasteiger partial charge in [-0.25, -0.2) is 0 Å². The zero-order valence-electron chi connectivity index (χ0n) is 11.0. The number of rotatable bonds is 0. The lowest BCUT2D eigenvalue weighted by molar-refractivity contribution is 0.171. The molecule has 98 valence electrons. The maximum Gasteiger partial charge on any atom is 0.161 e. The summed E-state index contributed by atoms with van der Waals surface area (Å²) >= 11 is 6.58. The van der Waals surface area contributed by atoms with Gasteiger partial charge in [0.2, 0.25) is 0 Å². The van der Waals surface area contributed by atoms with Gasteiger partial charge in [0.05, 0.1) is 5.38 Å². The standard InChI is InChI=1S/C15H19ClO2/c1-15(2)4-3-10-7-13-14(18-6-5-17-13)8-11(10)12(16)9-15/h7-8,12H,3-6,9H2,1-2H3. The molecular formula is C15H19ClO2. The lowest BCUT2D eigenvalue weighted by Crippen LogP contribution is -2.16. The minimum atomic E-state index is 0.0772. The van der Waals surface area contributed by atoms with Crippen molar-refractivity contribution in [3.05, 3.63) is 23.3 Å². The van der Waals surface area contributed by atoms with Gasteiger partial charge in [0, 0.05) is 0 Å². The van der Waals surface area contributed by atoms with Crippen LogP contribution in [-0.4, -0.2) is 13.2 Å². The monoisotopic (exact) mass is 266 g/mol. The Morgan fingerprint density at radius 2 is 1.83 bits per heavy atom. The molecule has 1 aromatic rings. The predicted molar refractivity (Wildman–Crippen MR) is 72.7 cm³/mol. The summed E-state index contributed by atoms with van der Waals surface area (Å²) < 4.78 is 11.3. The van der Waals surface area contributed by atoms with E-state index in [0.717, 1.165) is 24.3 Å². The van der Waals surface area contributed by atoms with Crippen molar-refractivity contribution in [1.82, 2.24) is 0 Å². The van der Waals surface area contributed by atoms with Crippen LogP contribution >= 0.6 is 11.6 Å². The molecule has 0 amide bonds. The third kappa shape index (κ3) is 2.18. The highest BCUT2D eigenvalue weighted by atomic mass is 35.5. The Morgan fingerprint density at radius 3 is 2.56 bits per heavy atom. The molecule has 1 aliphatic carbocycles. The van der Waals surface area contributed by atoms with E-state index in [1.165, 1.54) is 17.5 Å². The van der Waals surface area contributed by atoms with E-state index < -0.39 is 0 Å². The van der Waals surface area contributed by atoms with Gasteiger partial charge in [-0.2, -0.15) is 0 Å². The molecule has 1 unspecified atom stereocenters. The number of hydrogen-bond donors (Lipinski definition) is 0. The molecule has 0 spiro atoms. The number of benzene rings is 1. The molecule has 3 rings (SSSR count). The first-order valence-corrected chi connectivity index (χ1v) is 7.05. The quantitative estimate of drug-likeness (QED) is 0.520. The molecule has 0 saturated carbocycles. The normalized spacial score (nSPS) is 25.2. The Hall–Kier alpha value is -0.890. The Bertz CT molecular complexity index is 468. The summed E-state index contributed by atoms with van der Waals surface area (Å²) in [5.74, 6) is 1.73. The lowest BCUT2D eigenvalue weighted by atomic mass is 9.84. The van der Waals surface area contributed by atoms with Crippen LogP contribution in [0, 0.1) is 5.41 Å². The molecular weight excluding hydrogens is 248 g/mol. The summed E-state index contributed by atoms with van der Waals surface area (Å²) in [6, 6.07) is 4.21. The molecule has 1 aliphatic heterocycles. The third-order valence-corrected chi connectivity index (χ3v) is 4.33. The number of aryl methyl sites for hydroxylation is 1. The van der Waals surface area contributed by atoms with Crippen molar-refractivity contribution in [2.45, 2.75) is 38.5 Å². The number of alkyl halides is 1. The van der Waals surface area contributed by atoms with Crippen molar-refractivity contribution in [1.29, 1.82) is 0 Å². The van der Waals surface area contributed by atoms with Crippen LogP contribution in [0.5, 0.6) is 11.5 Å². The van der Waals surface area contributed by atoms with Gasteiger partial charge in [-0.1, -0.05) is 13.8 Å². The summed E-state index contributed by atoms with van der Waals surface area (Å²) in [4.78, 5) is 0. The zero-order valence-corrected chi connectivity index (χ0v) is 11.7. The van der Waals surface area contributed by atoms with Crippen molar-refractivity contribution in [3.8, 4) is 11.5 Å². The molecule has 0 saturated heterocycles. The topological polar surface area (TPSA) is 18.5 Å². The van der Waals surface area contributed by atoms with Gasteiger partial charge in [-0.05, 0) is 47.9 Å². The van der Waals surface area contributed by atoms with Crippen molar-refractivity contribution in [3.63, 3.8) is 0 Å². The zero-order chi connectivity index (χ0) is 12.8. The van der Waals surface area contributed by atoms with Crippen LogP contribution in [-0.2, 0) is 6.42 Å². The fourth-order valence-electron chi connectivity index (χ4n) is 2.82. The van der Waals surface area contributed by atoms with Crippen molar-refractivity contribution in [2.75, 3.05) is 13.2 Å². The summed E-state index contributed by atoms with van der Waals surface area (Å²) in [7, 11) is 0. The number of hydrogen-bond acceptors (Lipinski definition) is 2. The van der Waals surface area contributed by atoms with Crippen LogP contribution in [0.25, 0.3) is 0 Å². The number of halogens is 1. The maximum atomic E-state index is 6.58. The first kappa shape index (κ1) is 12.2. The van der Waals surface area contributed by atoms with E-state index in [1.807, 2.05) is 0 Å². The second-order valence-corrected chi connectivity index (χ2v) is 6.56. The molecule has 1 heterocycles. The lowest BCUT2D eigenvalue weighted by Gasteiger charge is -2.24. The van der Waals surface area contributed by atoms with Crippen LogP contribution < -0.4 is 9.47 Å². The predicted octanol–water partition coefficient (Wildman–Crippen LogP) is 4.10. The number of fused-ring (bicyclic) bond motifs is 2. The largest absolute Gasteiger partial charge is 0.486 e. The van der Waals surface area contributed by atoms with Gasteiger partial charge in [0.15, 0.2) is 11.5 Å². The molecule has 2 nitrogen and oxygen atoms in total. The van der Waals surface area contributed by atoms with E-state index in [9.17, 15) is 0 Å². The second kappa shape index (κ2) is 4.34. The van der Waals surface area contributed by atoms with E-state index >= 15 is 0 Å². The fraction of sp³-hybridized carbons (Fsp3) is 0.600. The molecule has 0 radical (unpaired) electrons.